The zero-order valence-electron chi connectivity index (χ0n) is 8.78. The van der Waals surface area contributed by atoms with Gasteiger partial charge in [-0.1, -0.05) is 6.92 Å². The highest BCUT2D eigenvalue weighted by Crippen LogP contribution is 1.96. The smallest absolute Gasteiger partial charge is 0.309 e. The first kappa shape index (κ1) is 13.8. The van der Waals surface area contributed by atoms with E-state index in [2.05, 4.69) is 9.47 Å². The van der Waals surface area contributed by atoms with Crippen LogP contribution in [0.1, 0.15) is 26.2 Å². The van der Waals surface area contributed by atoms with Gasteiger partial charge in [0, 0.05) is 6.42 Å². The first-order chi connectivity index (χ1) is 7.10. The molecule has 0 rings (SSSR count). The second-order valence-corrected chi connectivity index (χ2v) is 3.04. The number of esters is 2. The lowest BCUT2D eigenvalue weighted by Gasteiger charge is -2.06. The second kappa shape index (κ2) is 8.16. The Kier molecular flexibility index (Phi) is 7.53. The Hall–Kier alpha value is -1.17. The number of thiocarbonyl (C=S) groups is 1. The average molecular weight is 234 g/mol. The van der Waals surface area contributed by atoms with Crippen molar-refractivity contribution in [1.29, 1.82) is 0 Å². The lowest BCUT2D eigenvalue weighted by Crippen LogP contribution is -2.12. The van der Waals surface area contributed by atoms with Crippen LogP contribution in [0.2, 0.25) is 0 Å². The van der Waals surface area contributed by atoms with Crippen molar-refractivity contribution in [3.8, 4) is 0 Å². The fourth-order valence-corrected chi connectivity index (χ4v) is 0.689. The molecule has 5 nitrogen and oxygen atoms in total. The third-order valence-corrected chi connectivity index (χ3v) is 1.90. The Morgan fingerprint density at radius 3 is 2.27 bits per heavy atom. The van der Waals surface area contributed by atoms with Crippen LogP contribution in [-0.4, -0.2) is 30.9 Å². The van der Waals surface area contributed by atoms with Gasteiger partial charge < -0.3 is 14.2 Å². The Morgan fingerprint density at radius 1 is 1.13 bits per heavy atom. The molecule has 0 aliphatic heterocycles. The highest BCUT2D eigenvalue weighted by atomic mass is 32.1. The van der Waals surface area contributed by atoms with E-state index in [0.29, 0.717) is 11.5 Å². The number of hydrogen-bond donors (Lipinski definition) is 0. The number of methoxy groups -OCH3 is 1. The minimum absolute atomic E-state index is 0.00750. The van der Waals surface area contributed by atoms with E-state index in [4.69, 9.17) is 17.0 Å². The number of carbonyl (C=O) groups is 2. The van der Waals surface area contributed by atoms with Crippen LogP contribution >= 0.6 is 12.2 Å². The van der Waals surface area contributed by atoms with Crippen LogP contribution in [0.4, 0.5) is 0 Å². The lowest BCUT2D eigenvalue weighted by atomic mass is 10.3. The number of rotatable bonds is 6. The van der Waals surface area contributed by atoms with Gasteiger partial charge in [-0.2, -0.15) is 0 Å². The molecule has 0 saturated carbocycles. The van der Waals surface area contributed by atoms with Gasteiger partial charge >= 0.3 is 11.9 Å². The van der Waals surface area contributed by atoms with Gasteiger partial charge in [0.25, 0.3) is 0 Å². The standard InChI is InChI=1S/C9H14O5S/c1-3-9(15)14-6-13-8(11)5-4-7(10)12-2/h3-6H2,1-2H3. The van der Waals surface area contributed by atoms with Gasteiger partial charge in [-0.25, -0.2) is 0 Å². The third kappa shape index (κ3) is 7.87. The summed E-state index contributed by atoms with van der Waals surface area (Å²) in [6.07, 6.45) is 0.581. The molecule has 0 atom stereocenters. The van der Waals surface area contributed by atoms with E-state index >= 15 is 0 Å². The topological polar surface area (TPSA) is 61.8 Å². The summed E-state index contributed by atoms with van der Waals surface area (Å²) < 4.78 is 13.9. The predicted molar refractivity (Wildman–Crippen MR) is 56.2 cm³/mol. The number of ether oxygens (including phenoxy) is 3. The molecule has 0 bridgehead atoms. The maximum atomic E-state index is 11.0. The zero-order chi connectivity index (χ0) is 11.7. The van der Waals surface area contributed by atoms with Crippen molar-refractivity contribution in [3.63, 3.8) is 0 Å². The maximum absolute atomic E-state index is 11.0. The van der Waals surface area contributed by atoms with Gasteiger partial charge in [-0.3, -0.25) is 9.59 Å². The summed E-state index contributed by atoms with van der Waals surface area (Å²) in [6.45, 7) is 1.63. The summed E-state index contributed by atoms with van der Waals surface area (Å²) in [7, 11) is 1.26. The molecule has 0 aromatic carbocycles. The molecule has 0 amide bonds. The molecule has 0 aromatic heterocycles. The van der Waals surface area contributed by atoms with Crippen LogP contribution in [0.3, 0.4) is 0 Å². The van der Waals surface area contributed by atoms with E-state index < -0.39 is 11.9 Å². The van der Waals surface area contributed by atoms with Crippen LogP contribution in [0.25, 0.3) is 0 Å². The van der Waals surface area contributed by atoms with E-state index in [1.54, 1.807) is 0 Å². The van der Waals surface area contributed by atoms with Crippen LogP contribution in [0.5, 0.6) is 0 Å². The Bertz CT molecular complexity index is 239. The predicted octanol–water partition coefficient (Wildman–Crippen LogP) is 1.19. The number of carbonyl (C=O) groups excluding carboxylic acids is 2. The molecule has 0 unspecified atom stereocenters. The molecule has 86 valence electrons. The van der Waals surface area contributed by atoms with Crippen LogP contribution < -0.4 is 0 Å². The molecule has 0 fully saturated rings. The van der Waals surface area contributed by atoms with Gasteiger partial charge in [-0.15, -0.1) is 0 Å². The van der Waals surface area contributed by atoms with Crippen molar-refractivity contribution in [2.75, 3.05) is 13.9 Å². The monoisotopic (exact) mass is 234 g/mol. The van der Waals surface area contributed by atoms with E-state index in [1.807, 2.05) is 6.92 Å². The zero-order valence-corrected chi connectivity index (χ0v) is 9.59. The molecule has 0 aromatic rings. The summed E-state index contributed by atoms with van der Waals surface area (Å²) in [6, 6.07) is 0. The van der Waals surface area contributed by atoms with Crippen molar-refractivity contribution in [3.05, 3.63) is 0 Å². The van der Waals surface area contributed by atoms with Gasteiger partial charge in [-0.05, 0) is 12.2 Å². The van der Waals surface area contributed by atoms with E-state index in [-0.39, 0.29) is 19.6 Å². The molecular formula is C9H14O5S. The molecule has 0 aliphatic rings. The summed E-state index contributed by atoms with van der Waals surface area (Å²) in [5, 5.41) is 0.385. The third-order valence-electron chi connectivity index (χ3n) is 1.49. The van der Waals surface area contributed by atoms with Crippen LogP contribution in [-0.2, 0) is 23.8 Å². The van der Waals surface area contributed by atoms with E-state index in [0.717, 1.165) is 0 Å². The summed E-state index contributed by atoms with van der Waals surface area (Å²) >= 11 is 4.74. The van der Waals surface area contributed by atoms with Crippen molar-refractivity contribution >= 4 is 29.2 Å². The quantitative estimate of drug-likeness (QED) is 0.391. The maximum Gasteiger partial charge on any atom is 0.309 e. The SMILES string of the molecule is CCC(=S)OCOC(=O)CCC(=O)OC. The van der Waals surface area contributed by atoms with Gasteiger partial charge in [0.15, 0.2) is 5.05 Å². The second-order valence-electron chi connectivity index (χ2n) is 2.58. The molecule has 15 heavy (non-hydrogen) atoms. The van der Waals surface area contributed by atoms with E-state index in [1.165, 1.54) is 7.11 Å². The summed E-state index contributed by atoms with van der Waals surface area (Å²) in [5.41, 5.74) is 0. The number of hydrogen-bond acceptors (Lipinski definition) is 6. The highest BCUT2D eigenvalue weighted by Gasteiger charge is 2.07. The normalized spacial score (nSPS) is 9.20. The van der Waals surface area contributed by atoms with E-state index in [9.17, 15) is 9.59 Å². The molecular weight excluding hydrogens is 220 g/mol. The van der Waals surface area contributed by atoms with Crippen LogP contribution in [0.15, 0.2) is 0 Å². The Labute approximate surface area is 93.7 Å². The van der Waals surface area contributed by atoms with Crippen molar-refractivity contribution in [1.82, 2.24) is 0 Å². The molecule has 0 heterocycles. The van der Waals surface area contributed by atoms with Gasteiger partial charge in [0.2, 0.25) is 6.79 Å². The van der Waals surface area contributed by atoms with Gasteiger partial charge in [0.1, 0.15) is 0 Å². The van der Waals surface area contributed by atoms with Gasteiger partial charge in [0.05, 0.1) is 20.0 Å². The van der Waals surface area contributed by atoms with Crippen molar-refractivity contribution < 1.29 is 23.8 Å². The fraction of sp³-hybridized carbons (Fsp3) is 0.667. The summed E-state index contributed by atoms with van der Waals surface area (Å²) in [4.78, 5) is 21.6. The molecule has 0 saturated heterocycles. The Morgan fingerprint density at radius 2 is 1.73 bits per heavy atom. The molecule has 0 spiro atoms. The Balaban J connectivity index is 3.49. The fourth-order valence-electron chi connectivity index (χ4n) is 0.641. The average Bonchev–Trinajstić information content (AvgIpc) is 2.25. The van der Waals surface area contributed by atoms with Crippen LogP contribution in [0, 0.1) is 0 Å². The molecule has 0 aliphatic carbocycles. The van der Waals surface area contributed by atoms with Crippen molar-refractivity contribution in [2.45, 2.75) is 26.2 Å². The molecule has 6 heteroatoms. The first-order valence-corrected chi connectivity index (χ1v) is 4.89. The molecule has 0 N–H and O–H groups in total. The largest absolute Gasteiger partial charge is 0.469 e. The minimum Gasteiger partial charge on any atom is -0.469 e. The molecule has 0 radical (unpaired) electrons. The highest BCUT2D eigenvalue weighted by molar-refractivity contribution is 7.80. The lowest BCUT2D eigenvalue weighted by molar-refractivity contribution is -0.154. The van der Waals surface area contributed by atoms with Crippen molar-refractivity contribution in [2.24, 2.45) is 0 Å². The minimum atomic E-state index is -0.515. The first-order valence-electron chi connectivity index (χ1n) is 4.48. The summed E-state index contributed by atoms with van der Waals surface area (Å²) in [5.74, 6) is -0.962.